The fraction of sp³-hybridized carbons (Fsp3) is 0.261. The Bertz CT molecular complexity index is 1560. The first-order chi connectivity index (χ1) is 16.6. The monoisotopic (exact) mass is 596 g/mol. The summed E-state index contributed by atoms with van der Waals surface area (Å²) in [6.07, 6.45) is 0.969. The molecule has 1 unspecified atom stereocenters. The van der Waals surface area contributed by atoms with E-state index in [0.717, 1.165) is 16.3 Å². The van der Waals surface area contributed by atoms with E-state index >= 15 is 0 Å². The van der Waals surface area contributed by atoms with Gasteiger partial charge in [0, 0.05) is 15.6 Å². The zero-order valence-electron chi connectivity index (χ0n) is 19.9. The van der Waals surface area contributed by atoms with Crippen LogP contribution in [-0.2, 0) is 26.5 Å². The summed E-state index contributed by atoms with van der Waals surface area (Å²) in [6, 6.07) is 11.6. The van der Waals surface area contributed by atoms with E-state index in [1.165, 1.54) is 18.2 Å². The van der Waals surface area contributed by atoms with E-state index in [0.29, 0.717) is 5.69 Å². The van der Waals surface area contributed by atoms with Crippen LogP contribution in [0.3, 0.4) is 0 Å². The van der Waals surface area contributed by atoms with E-state index < -0.39 is 23.0 Å². The van der Waals surface area contributed by atoms with Gasteiger partial charge in [-0.3, -0.25) is 9.29 Å². The highest BCUT2D eigenvalue weighted by Gasteiger charge is 2.37. The number of nitrogens with one attached hydrogen (secondary N) is 2. The number of benzene rings is 2. The number of anilines is 2. The molecule has 2 heterocycles. The second-order valence-corrected chi connectivity index (χ2v) is 14.0. The highest BCUT2D eigenvalue weighted by molar-refractivity contribution is 9.10. The molecule has 1 atom stereocenters. The number of hydrogen-bond acceptors (Lipinski definition) is 6. The summed E-state index contributed by atoms with van der Waals surface area (Å²) in [5.41, 5.74) is 0.870. The van der Waals surface area contributed by atoms with Crippen LogP contribution in [0.25, 0.3) is 0 Å². The Morgan fingerprint density at radius 3 is 2.47 bits per heavy atom. The fourth-order valence-corrected chi connectivity index (χ4v) is 6.44. The average molecular weight is 597 g/mol. The largest absolute Gasteiger partial charge is 0.505 e. The smallest absolute Gasteiger partial charge is 0.346 e. The van der Waals surface area contributed by atoms with Crippen LogP contribution < -0.4 is 15.3 Å². The van der Waals surface area contributed by atoms with Crippen molar-refractivity contribution in [2.75, 3.05) is 16.3 Å². The summed E-state index contributed by atoms with van der Waals surface area (Å²) in [5.74, 6) is -0.756. The van der Waals surface area contributed by atoms with E-state index in [4.69, 9.17) is 0 Å². The van der Waals surface area contributed by atoms with Crippen molar-refractivity contribution in [2.24, 2.45) is 4.76 Å². The lowest BCUT2D eigenvalue weighted by molar-refractivity contribution is 0.401. The zero-order valence-corrected chi connectivity index (χ0v) is 23.2. The summed E-state index contributed by atoms with van der Waals surface area (Å²) in [5, 5.41) is 25.3. The lowest BCUT2D eigenvalue weighted by atomic mass is 9.91. The third kappa shape index (κ3) is 5.17. The number of hydrogen-bond donors (Lipinski definition) is 5. The van der Waals surface area contributed by atoms with Gasteiger partial charge >= 0.3 is 7.52 Å². The summed E-state index contributed by atoms with van der Waals surface area (Å²) >= 11 is 3.44. The molecule has 13 heteroatoms. The molecule has 0 spiro atoms. The first kappa shape index (κ1) is 26.3. The molecule has 1 aromatic heterocycles. The SMILES string of the molecule is CC(C)(C)c1c(O)c(C2=NP(=O)(O)c3cc(NS(C)(=O)=O)ccc3N2)c(O)n1Cc1cccc(Br)c1. The molecule has 0 radical (unpaired) electrons. The Hall–Kier alpha value is -2.79. The van der Waals surface area contributed by atoms with Gasteiger partial charge in [-0.2, -0.15) is 4.76 Å². The molecule has 0 amide bonds. The maximum atomic E-state index is 13.2. The standard InChI is InChI=1S/C23H26BrN4O6PS/c1-23(2,3)20-19(29)18(22(30)28(20)12-13-6-5-7-14(24)10-13)21-25-16-9-8-15(27-36(4,33)34)11-17(16)35(31,32)26-21/h5-11,27,29-30H,12H2,1-4H3,(H2,25,26,31,32). The Balaban J connectivity index is 1.84. The van der Waals surface area contributed by atoms with Crippen molar-refractivity contribution in [1.82, 2.24) is 4.57 Å². The Kier molecular flexibility index (Phi) is 6.53. The minimum Gasteiger partial charge on any atom is -0.505 e. The van der Waals surface area contributed by atoms with Crippen molar-refractivity contribution in [3.05, 3.63) is 63.8 Å². The van der Waals surface area contributed by atoms with Crippen molar-refractivity contribution in [3.63, 3.8) is 0 Å². The molecule has 0 bridgehead atoms. The van der Waals surface area contributed by atoms with Gasteiger partial charge in [-0.05, 0) is 35.9 Å². The van der Waals surface area contributed by atoms with Gasteiger partial charge in [0.1, 0.15) is 5.56 Å². The molecule has 36 heavy (non-hydrogen) atoms. The molecule has 0 saturated heterocycles. The van der Waals surface area contributed by atoms with E-state index in [1.54, 1.807) is 4.57 Å². The average Bonchev–Trinajstić information content (AvgIpc) is 2.96. The number of nitrogens with zero attached hydrogens (tertiary/aromatic N) is 2. The van der Waals surface area contributed by atoms with Crippen LogP contribution in [-0.4, -0.2) is 40.2 Å². The number of sulfonamides is 1. The molecule has 0 saturated carbocycles. The first-order valence-corrected chi connectivity index (χ1v) is 15.1. The van der Waals surface area contributed by atoms with Crippen molar-refractivity contribution < 1.29 is 28.1 Å². The molecule has 1 aliphatic rings. The highest BCUT2D eigenvalue weighted by atomic mass is 79.9. The molecule has 0 fully saturated rings. The summed E-state index contributed by atoms with van der Waals surface area (Å²) in [6.45, 7) is 5.86. The lowest BCUT2D eigenvalue weighted by Crippen LogP contribution is -2.25. The summed E-state index contributed by atoms with van der Waals surface area (Å²) in [7, 11) is -8.00. The molecule has 3 aromatic rings. The van der Waals surface area contributed by atoms with Crippen LogP contribution in [0.4, 0.5) is 11.4 Å². The van der Waals surface area contributed by atoms with Crippen LogP contribution in [0.5, 0.6) is 11.6 Å². The van der Waals surface area contributed by atoms with Crippen LogP contribution in [0.1, 0.15) is 37.6 Å². The van der Waals surface area contributed by atoms with Gasteiger partial charge in [0.2, 0.25) is 15.9 Å². The minimum atomic E-state index is -4.40. The highest BCUT2D eigenvalue weighted by Crippen LogP contribution is 2.50. The number of aromatic nitrogens is 1. The predicted octanol–water partition coefficient (Wildman–Crippen LogP) is 4.06. The predicted molar refractivity (Wildman–Crippen MR) is 144 cm³/mol. The van der Waals surface area contributed by atoms with Gasteiger partial charge in [0.15, 0.2) is 11.6 Å². The Morgan fingerprint density at radius 1 is 1.17 bits per heavy atom. The zero-order chi connectivity index (χ0) is 26.6. The van der Waals surface area contributed by atoms with Crippen molar-refractivity contribution >= 4 is 56.0 Å². The summed E-state index contributed by atoms with van der Waals surface area (Å²) in [4.78, 5) is 10.7. The summed E-state index contributed by atoms with van der Waals surface area (Å²) < 4.78 is 44.9. The molecule has 2 aromatic carbocycles. The molecule has 10 nitrogen and oxygen atoms in total. The Morgan fingerprint density at radius 2 is 1.86 bits per heavy atom. The number of halogens is 1. The van der Waals surface area contributed by atoms with E-state index in [1.807, 2.05) is 45.0 Å². The maximum absolute atomic E-state index is 13.2. The van der Waals surface area contributed by atoms with Crippen molar-refractivity contribution in [3.8, 4) is 11.6 Å². The molecule has 1 aliphatic heterocycles. The quantitative estimate of drug-likeness (QED) is 0.278. The first-order valence-electron chi connectivity index (χ1n) is 10.8. The maximum Gasteiger partial charge on any atom is 0.346 e. The molecule has 0 aliphatic carbocycles. The van der Waals surface area contributed by atoms with Crippen LogP contribution in [0, 0.1) is 0 Å². The van der Waals surface area contributed by atoms with Gasteiger partial charge in [-0.15, -0.1) is 0 Å². The normalized spacial score (nSPS) is 17.8. The van der Waals surface area contributed by atoms with E-state index in [2.05, 4.69) is 30.7 Å². The van der Waals surface area contributed by atoms with Crippen LogP contribution >= 0.6 is 23.4 Å². The second-order valence-electron chi connectivity index (χ2n) is 9.59. The minimum absolute atomic E-state index is 0.104. The molecule has 5 N–H and O–H groups in total. The number of fused-ring (bicyclic) bond motifs is 1. The van der Waals surface area contributed by atoms with Gasteiger partial charge in [-0.25, -0.2) is 8.42 Å². The third-order valence-corrected chi connectivity index (χ3v) is 8.06. The third-order valence-electron chi connectivity index (χ3n) is 5.49. The molecular weight excluding hydrogens is 571 g/mol. The number of rotatable bonds is 5. The van der Waals surface area contributed by atoms with E-state index in [-0.39, 0.29) is 46.3 Å². The Labute approximate surface area is 217 Å². The van der Waals surface area contributed by atoms with Gasteiger partial charge < -0.3 is 25.0 Å². The van der Waals surface area contributed by atoms with Crippen LogP contribution in [0.15, 0.2) is 51.7 Å². The fourth-order valence-electron chi connectivity index (χ4n) is 4.15. The second kappa shape index (κ2) is 8.95. The van der Waals surface area contributed by atoms with Gasteiger partial charge in [0.05, 0.1) is 29.5 Å². The lowest BCUT2D eigenvalue weighted by Gasteiger charge is -2.23. The van der Waals surface area contributed by atoms with E-state index in [9.17, 15) is 28.1 Å². The molecule has 192 valence electrons. The van der Waals surface area contributed by atoms with Crippen molar-refractivity contribution in [2.45, 2.75) is 32.7 Å². The van der Waals surface area contributed by atoms with Gasteiger partial charge in [-0.1, -0.05) is 48.8 Å². The van der Waals surface area contributed by atoms with Gasteiger partial charge in [0.25, 0.3) is 0 Å². The van der Waals surface area contributed by atoms with Crippen LogP contribution in [0.2, 0.25) is 0 Å². The number of aromatic hydroxyl groups is 2. The number of amidine groups is 1. The van der Waals surface area contributed by atoms with Crippen molar-refractivity contribution in [1.29, 1.82) is 0 Å². The molecule has 4 rings (SSSR count). The topological polar surface area (TPSA) is 153 Å². The molecular formula is C23H26BrN4O6PS.